The molecule has 1 aromatic carbocycles. The van der Waals surface area contributed by atoms with Gasteiger partial charge in [0.25, 0.3) is 0 Å². The molecule has 0 amide bonds. The summed E-state index contributed by atoms with van der Waals surface area (Å²) in [6.45, 7) is 3.68. The molecule has 1 atom stereocenters. The molecular weight excluding hydrogens is 200 g/mol. The Kier molecular flexibility index (Phi) is 4.21. The number of carbonyl (C=O) groups excluding carboxylic acids is 1. The van der Waals surface area contributed by atoms with Gasteiger partial charge in [-0.1, -0.05) is 26.0 Å². The molecule has 0 heterocycles. The van der Waals surface area contributed by atoms with Crippen molar-refractivity contribution in [3.8, 4) is 6.07 Å². The Morgan fingerprint density at radius 3 is 2.75 bits per heavy atom. The van der Waals surface area contributed by atoms with E-state index < -0.39 is 6.04 Å². The van der Waals surface area contributed by atoms with Crippen LogP contribution in [0.1, 0.15) is 25.0 Å². The number of hydrogen-bond donors (Lipinski definition) is 1. The molecule has 0 saturated heterocycles. The molecule has 0 fully saturated rings. The lowest BCUT2D eigenvalue weighted by molar-refractivity contribution is -0.123. The molecule has 0 spiro atoms. The fourth-order valence-electron chi connectivity index (χ4n) is 1.55. The zero-order chi connectivity index (χ0) is 12.1. The number of ketones is 1. The first-order valence-corrected chi connectivity index (χ1v) is 5.33. The van der Waals surface area contributed by atoms with Gasteiger partial charge in [0.05, 0.1) is 17.7 Å². The Balaban J connectivity index is 2.74. The minimum Gasteiger partial charge on any atom is -0.321 e. The summed E-state index contributed by atoms with van der Waals surface area (Å²) in [5.74, 6) is 0.0107. The summed E-state index contributed by atoms with van der Waals surface area (Å²) in [7, 11) is 0. The molecule has 0 unspecified atom stereocenters. The molecule has 0 aliphatic heterocycles. The number of rotatable bonds is 4. The first-order chi connectivity index (χ1) is 7.54. The van der Waals surface area contributed by atoms with Crippen molar-refractivity contribution in [1.82, 2.24) is 0 Å². The number of benzene rings is 1. The molecule has 16 heavy (non-hydrogen) atoms. The highest BCUT2D eigenvalue weighted by atomic mass is 16.1. The summed E-state index contributed by atoms with van der Waals surface area (Å²) in [5.41, 5.74) is 7.34. The highest BCUT2D eigenvalue weighted by Gasteiger charge is 2.17. The normalized spacial score (nSPS) is 12.2. The maximum absolute atomic E-state index is 11.6. The van der Waals surface area contributed by atoms with Gasteiger partial charge >= 0.3 is 0 Å². The average Bonchev–Trinajstić information content (AvgIpc) is 2.28. The van der Waals surface area contributed by atoms with Crippen molar-refractivity contribution >= 4 is 5.78 Å². The molecule has 3 nitrogen and oxygen atoms in total. The second kappa shape index (κ2) is 5.43. The highest BCUT2D eigenvalue weighted by Crippen LogP contribution is 2.08. The zero-order valence-electron chi connectivity index (χ0n) is 9.60. The summed E-state index contributed by atoms with van der Waals surface area (Å²) in [6, 6.07) is 8.78. The minimum absolute atomic E-state index is 0.0471. The van der Waals surface area contributed by atoms with Gasteiger partial charge in [-0.05, 0) is 24.1 Å². The van der Waals surface area contributed by atoms with Gasteiger partial charge in [0.15, 0.2) is 5.78 Å². The Morgan fingerprint density at radius 1 is 1.50 bits per heavy atom. The van der Waals surface area contributed by atoms with Gasteiger partial charge in [0.2, 0.25) is 0 Å². The van der Waals surface area contributed by atoms with Crippen molar-refractivity contribution in [2.75, 3.05) is 0 Å². The fourth-order valence-corrected chi connectivity index (χ4v) is 1.55. The van der Waals surface area contributed by atoms with Crippen molar-refractivity contribution in [3.63, 3.8) is 0 Å². The van der Waals surface area contributed by atoms with Crippen molar-refractivity contribution in [2.45, 2.75) is 26.3 Å². The van der Waals surface area contributed by atoms with Crippen LogP contribution in [0.2, 0.25) is 0 Å². The third-order valence-electron chi connectivity index (χ3n) is 2.45. The summed E-state index contributed by atoms with van der Waals surface area (Å²) < 4.78 is 0. The van der Waals surface area contributed by atoms with Crippen LogP contribution >= 0.6 is 0 Å². The second-order valence-corrected chi connectivity index (χ2v) is 4.18. The Hall–Kier alpha value is -1.66. The quantitative estimate of drug-likeness (QED) is 0.832. The molecular formula is C13H16N2O. The number of nitrogens with zero attached hydrogens (tertiary/aromatic N) is 1. The van der Waals surface area contributed by atoms with Gasteiger partial charge in [-0.25, -0.2) is 0 Å². The number of nitrogens with two attached hydrogens (primary N) is 1. The van der Waals surface area contributed by atoms with Crippen molar-refractivity contribution < 1.29 is 4.79 Å². The van der Waals surface area contributed by atoms with Crippen LogP contribution in [-0.2, 0) is 11.2 Å². The summed E-state index contributed by atoms with van der Waals surface area (Å²) >= 11 is 0. The Morgan fingerprint density at radius 2 is 2.19 bits per heavy atom. The third kappa shape index (κ3) is 3.18. The Labute approximate surface area is 95.9 Å². The van der Waals surface area contributed by atoms with Crippen LogP contribution in [0, 0.1) is 17.2 Å². The van der Waals surface area contributed by atoms with Gasteiger partial charge in [0.1, 0.15) is 0 Å². The summed E-state index contributed by atoms with van der Waals surface area (Å²) in [6.07, 6.45) is 0.493. The predicted molar refractivity (Wildman–Crippen MR) is 62.7 cm³/mol. The van der Waals surface area contributed by atoms with E-state index in [1.807, 2.05) is 19.9 Å². The standard InChI is InChI=1S/C13H16N2O/c1-9(2)13(16)12(15)7-10-4-3-5-11(6-10)8-14/h3-6,9,12H,7,15H2,1-2H3/t12-/m0/s1. The lowest BCUT2D eigenvalue weighted by atomic mass is 9.96. The maximum Gasteiger partial charge on any atom is 0.152 e. The van der Waals surface area contributed by atoms with Crippen LogP contribution in [-0.4, -0.2) is 11.8 Å². The van der Waals surface area contributed by atoms with Crippen molar-refractivity contribution in [3.05, 3.63) is 35.4 Å². The molecule has 1 aromatic rings. The first-order valence-electron chi connectivity index (χ1n) is 5.33. The molecule has 0 aliphatic carbocycles. The van der Waals surface area contributed by atoms with E-state index in [-0.39, 0.29) is 11.7 Å². The van der Waals surface area contributed by atoms with Gasteiger partial charge in [-0.3, -0.25) is 4.79 Å². The maximum atomic E-state index is 11.6. The fraction of sp³-hybridized carbons (Fsp3) is 0.385. The topological polar surface area (TPSA) is 66.9 Å². The second-order valence-electron chi connectivity index (χ2n) is 4.18. The molecule has 0 aromatic heterocycles. The van der Waals surface area contributed by atoms with E-state index in [4.69, 9.17) is 11.0 Å². The zero-order valence-corrected chi connectivity index (χ0v) is 9.60. The highest BCUT2D eigenvalue weighted by molar-refractivity contribution is 5.85. The van der Waals surface area contributed by atoms with Crippen LogP contribution in [0.25, 0.3) is 0 Å². The lowest BCUT2D eigenvalue weighted by Crippen LogP contribution is -2.35. The van der Waals surface area contributed by atoms with E-state index in [1.54, 1.807) is 18.2 Å². The van der Waals surface area contributed by atoms with E-state index in [1.165, 1.54) is 0 Å². The number of Topliss-reactive ketones (excluding diaryl/α,β-unsaturated/α-hetero) is 1. The van der Waals surface area contributed by atoms with E-state index in [9.17, 15) is 4.79 Å². The van der Waals surface area contributed by atoms with Gasteiger partial charge in [0, 0.05) is 5.92 Å². The lowest BCUT2D eigenvalue weighted by Gasteiger charge is -2.12. The molecule has 0 aliphatic rings. The van der Waals surface area contributed by atoms with Crippen LogP contribution < -0.4 is 5.73 Å². The van der Waals surface area contributed by atoms with Gasteiger partial charge in [-0.2, -0.15) is 5.26 Å². The monoisotopic (exact) mass is 216 g/mol. The number of nitriles is 1. The number of carbonyl (C=O) groups is 1. The molecule has 0 radical (unpaired) electrons. The van der Waals surface area contributed by atoms with Crippen LogP contribution in [0.5, 0.6) is 0 Å². The van der Waals surface area contributed by atoms with E-state index in [0.29, 0.717) is 12.0 Å². The largest absolute Gasteiger partial charge is 0.321 e. The molecule has 0 bridgehead atoms. The van der Waals surface area contributed by atoms with Crippen LogP contribution in [0.4, 0.5) is 0 Å². The Bertz CT molecular complexity index is 418. The molecule has 3 heteroatoms. The summed E-state index contributed by atoms with van der Waals surface area (Å²) in [5, 5.41) is 8.75. The van der Waals surface area contributed by atoms with Crippen LogP contribution in [0.3, 0.4) is 0 Å². The van der Waals surface area contributed by atoms with E-state index in [0.717, 1.165) is 5.56 Å². The molecule has 1 rings (SSSR count). The van der Waals surface area contributed by atoms with Crippen molar-refractivity contribution in [1.29, 1.82) is 5.26 Å². The first kappa shape index (κ1) is 12.4. The van der Waals surface area contributed by atoms with Gasteiger partial charge < -0.3 is 5.73 Å². The predicted octanol–water partition coefficient (Wildman–Crippen LogP) is 1.65. The molecule has 2 N–H and O–H groups in total. The SMILES string of the molecule is CC(C)C(=O)[C@@H](N)Cc1cccc(C#N)c1. The average molecular weight is 216 g/mol. The summed E-state index contributed by atoms with van der Waals surface area (Å²) in [4.78, 5) is 11.6. The van der Waals surface area contributed by atoms with Gasteiger partial charge in [-0.15, -0.1) is 0 Å². The molecule has 0 saturated carbocycles. The van der Waals surface area contributed by atoms with E-state index >= 15 is 0 Å². The van der Waals surface area contributed by atoms with E-state index in [2.05, 4.69) is 6.07 Å². The van der Waals surface area contributed by atoms with Crippen LogP contribution in [0.15, 0.2) is 24.3 Å². The van der Waals surface area contributed by atoms with Crippen molar-refractivity contribution in [2.24, 2.45) is 11.7 Å². The smallest absolute Gasteiger partial charge is 0.152 e. The third-order valence-corrected chi connectivity index (χ3v) is 2.45. The number of hydrogen-bond acceptors (Lipinski definition) is 3. The minimum atomic E-state index is -0.478. The molecule has 84 valence electrons.